The Morgan fingerprint density at radius 2 is 1.75 bits per heavy atom. The first kappa shape index (κ1) is 17.8. The van der Waals surface area contributed by atoms with Crippen molar-refractivity contribution in [2.45, 2.75) is 18.7 Å². The van der Waals surface area contributed by atoms with Gasteiger partial charge in [-0.1, -0.05) is 0 Å². The minimum Gasteiger partial charge on any atom is -0.497 e. The van der Waals surface area contributed by atoms with E-state index in [-0.39, 0.29) is 22.5 Å². The van der Waals surface area contributed by atoms with Crippen molar-refractivity contribution in [1.29, 1.82) is 0 Å². The number of nitrogens with one attached hydrogen (secondary N) is 1. The summed E-state index contributed by atoms with van der Waals surface area (Å²) >= 11 is 0. The molecule has 8 nitrogen and oxygen atoms in total. The summed E-state index contributed by atoms with van der Waals surface area (Å²) in [4.78, 5) is 8.09. The number of hydrogen-bond acceptors (Lipinski definition) is 7. The van der Waals surface area contributed by atoms with E-state index in [1.54, 1.807) is 26.0 Å². The second kappa shape index (κ2) is 7.82. The molecule has 0 spiro atoms. The molecule has 1 aromatic carbocycles. The average Bonchev–Trinajstić information content (AvgIpc) is 2.57. The van der Waals surface area contributed by atoms with Crippen LogP contribution in [-0.4, -0.2) is 38.7 Å². The Morgan fingerprint density at radius 3 is 2.33 bits per heavy atom. The number of rotatable bonds is 8. The van der Waals surface area contributed by atoms with Crippen LogP contribution in [-0.2, 0) is 10.0 Å². The van der Waals surface area contributed by atoms with Gasteiger partial charge in [0.1, 0.15) is 11.4 Å². The van der Waals surface area contributed by atoms with Crippen molar-refractivity contribution >= 4 is 15.7 Å². The van der Waals surface area contributed by atoms with Crippen molar-refractivity contribution < 1.29 is 22.6 Å². The Bertz CT molecular complexity index is 778. The Kier molecular flexibility index (Phi) is 5.80. The number of anilines is 1. The molecule has 0 unspecified atom stereocenters. The van der Waals surface area contributed by atoms with Crippen LogP contribution in [0.4, 0.5) is 5.69 Å². The molecule has 0 aliphatic carbocycles. The molecule has 2 aromatic rings. The third kappa shape index (κ3) is 4.25. The topological polar surface area (TPSA) is 99.6 Å². The normalized spacial score (nSPS) is 11.0. The number of nitrogens with zero attached hydrogens (tertiary/aromatic N) is 2. The first-order chi connectivity index (χ1) is 11.5. The minimum absolute atomic E-state index is 0.0830. The van der Waals surface area contributed by atoms with Gasteiger partial charge in [0.2, 0.25) is 5.88 Å². The van der Waals surface area contributed by atoms with Crippen molar-refractivity contribution in [2.75, 3.05) is 25.0 Å². The highest BCUT2D eigenvalue weighted by Crippen LogP contribution is 2.26. The lowest BCUT2D eigenvalue weighted by Crippen LogP contribution is -2.15. The van der Waals surface area contributed by atoms with E-state index in [1.807, 2.05) is 0 Å². The van der Waals surface area contributed by atoms with E-state index >= 15 is 0 Å². The lowest BCUT2D eigenvalue weighted by Gasteiger charge is -2.12. The zero-order valence-corrected chi connectivity index (χ0v) is 14.5. The fourth-order valence-electron chi connectivity index (χ4n) is 1.82. The molecule has 0 radical (unpaired) electrons. The molecule has 0 saturated heterocycles. The van der Waals surface area contributed by atoms with Crippen molar-refractivity contribution in [3.05, 3.63) is 30.5 Å². The van der Waals surface area contributed by atoms with E-state index in [0.717, 1.165) is 0 Å². The summed E-state index contributed by atoms with van der Waals surface area (Å²) in [5.74, 6) is 0.668. The largest absolute Gasteiger partial charge is 0.497 e. The van der Waals surface area contributed by atoms with E-state index in [2.05, 4.69) is 14.7 Å². The van der Waals surface area contributed by atoms with Gasteiger partial charge in [-0.2, -0.15) is 4.98 Å². The fraction of sp³-hybridized carbons (Fsp3) is 0.333. The molecule has 0 bridgehead atoms. The summed E-state index contributed by atoms with van der Waals surface area (Å²) in [6, 6.07) is 6.13. The van der Waals surface area contributed by atoms with Crippen LogP contribution >= 0.6 is 0 Å². The Balaban J connectivity index is 2.30. The fourth-order valence-corrected chi connectivity index (χ4v) is 2.87. The maximum Gasteiger partial charge on any atom is 0.319 e. The highest BCUT2D eigenvalue weighted by atomic mass is 32.2. The summed E-state index contributed by atoms with van der Waals surface area (Å²) < 4.78 is 42.9. The van der Waals surface area contributed by atoms with Gasteiger partial charge in [-0.05, 0) is 38.1 Å². The molecular weight excluding hydrogens is 334 g/mol. The van der Waals surface area contributed by atoms with Crippen LogP contribution in [0, 0.1) is 0 Å². The number of aromatic nitrogens is 2. The molecule has 0 fully saturated rings. The summed E-state index contributed by atoms with van der Waals surface area (Å²) in [5, 5.41) is 0. The second-order valence-electron chi connectivity index (χ2n) is 4.52. The van der Waals surface area contributed by atoms with Gasteiger partial charge in [0.25, 0.3) is 10.0 Å². The van der Waals surface area contributed by atoms with Crippen LogP contribution in [0.5, 0.6) is 17.6 Å². The molecule has 1 heterocycles. The number of benzene rings is 1. The van der Waals surface area contributed by atoms with Crippen LogP contribution in [0.15, 0.2) is 35.4 Å². The molecule has 0 saturated carbocycles. The standard InChI is InChI=1S/C15H19N3O5S/c1-4-22-14-13(10-16-15(17-14)23-5-2)18-24(19,20)12-8-6-11(21-3)7-9-12/h6-10,18H,4-5H2,1-3H3. The number of methoxy groups -OCH3 is 1. The van der Waals surface area contributed by atoms with Crippen molar-refractivity contribution in [2.24, 2.45) is 0 Å². The summed E-state index contributed by atoms with van der Waals surface area (Å²) in [6.45, 7) is 4.27. The first-order valence-corrected chi connectivity index (χ1v) is 8.78. The third-order valence-electron chi connectivity index (χ3n) is 2.90. The van der Waals surface area contributed by atoms with Gasteiger partial charge in [0.15, 0.2) is 0 Å². The molecule has 0 aliphatic heterocycles. The van der Waals surface area contributed by atoms with Crippen LogP contribution in [0.1, 0.15) is 13.8 Å². The van der Waals surface area contributed by atoms with Gasteiger partial charge >= 0.3 is 6.01 Å². The van der Waals surface area contributed by atoms with Gasteiger partial charge in [-0.15, -0.1) is 0 Å². The molecule has 9 heteroatoms. The quantitative estimate of drug-likeness (QED) is 0.775. The van der Waals surface area contributed by atoms with Crippen molar-refractivity contribution in [1.82, 2.24) is 9.97 Å². The van der Waals surface area contributed by atoms with Crippen LogP contribution in [0.25, 0.3) is 0 Å². The maximum atomic E-state index is 12.5. The summed E-state index contributed by atoms with van der Waals surface area (Å²) in [5.41, 5.74) is 0.135. The van der Waals surface area contributed by atoms with E-state index < -0.39 is 10.0 Å². The van der Waals surface area contributed by atoms with E-state index in [1.165, 1.54) is 25.4 Å². The minimum atomic E-state index is -3.81. The van der Waals surface area contributed by atoms with Gasteiger partial charge in [0.05, 0.1) is 31.4 Å². The zero-order valence-electron chi connectivity index (χ0n) is 13.6. The number of ether oxygens (including phenoxy) is 3. The highest BCUT2D eigenvalue weighted by molar-refractivity contribution is 7.92. The van der Waals surface area contributed by atoms with Gasteiger partial charge in [-0.25, -0.2) is 13.4 Å². The van der Waals surface area contributed by atoms with Crippen molar-refractivity contribution in [3.63, 3.8) is 0 Å². The Labute approximate surface area is 140 Å². The zero-order chi connectivity index (χ0) is 17.6. The molecule has 1 aromatic heterocycles. The van der Waals surface area contributed by atoms with Crippen molar-refractivity contribution in [3.8, 4) is 17.6 Å². The van der Waals surface area contributed by atoms with E-state index in [4.69, 9.17) is 14.2 Å². The molecule has 0 amide bonds. The molecule has 1 N–H and O–H groups in total. The van der Waals surface area contributed by atoms with Gasteiger partial charge in [-0.3, -0.25) is 4.72 Å². The van der Waals surface area contributed by atoms with Gasteiger partial charge < -0.3 is 14.2 Å². The molecule has 24 heavy (non-hydrogen) atoms. The van der Waals surface area contributed by atoms with E-state index in [9.17, 15) is 8.42 Å². The van der Waals surface area contributed by atoms with E-state index in [0.29, 0.717) is 19.0 Å². The lowest BCUT2D eigenvalue weighted by atomic mass is 10.3. The van der Waals surface area contributed by atoms with Crippen LogP contribution in [0.3, 0.4) is 0 Å². The summed E-state index contributed by atoms with van der Waals surface area (Å²) in [7, 11) is -2.30. The van der Waals surface area contributed by atoms with Crippen LogP contribution < -0.4 is 18.9 Å². The lowest BCUT2D eigenvalue weighted by molar-refractivity contribution is 0.290. The molecule has 2 rings (SSSR count). The molecule has 130 valence electrons. The third-order valence-corrected chi connectivity index (χ3v) is 4.28. The monoisotopic (exact) mass is 353 g/mol. The Hall–Kier alpha value is -2.55. The number of sulfonamides is 1. The first-order valence-electron chi connectivity index (χ1n) is 7.29. The highest BCUT2D eigenvalue weighted by Gasteiger charge is 2.18. The smallest absolute Gasteiger partial charge is 0.319 e. The summed E-state index contributed by atoms with van der Waals surface area (Å²) in [6.07, 6.45) is 1.31. The SMILES string of the molecule is CCOc1ncc(NS(=O)(=O)c2ccc(OC)cc2)c(OCC)n1. The van der Waals surface area contributed by atoms with Gasteiger partial charge in [0, 0.05) is 0 Å². The average molecular weight is 353 g/mol. The Morgan fingerprint density at radius 1 is 1.08 bits per heavy atom. The predicted octanol–water partition coefficient (Wildman–Crippen LogP) is 2.08. The molecular formula is C15H19N3O5S. The predicted molar refractivity (Wildman–Crippen MR) is 88.2 cm³/mol. The maximum absolute atomic E-state index is 12.5. The second-order valence-corrected chi connectivity index (χ2v) is 6.20. The molecule has 0 atom stereocenters. The van der Waals surface area contributed by atoms with Crippen LogP contribution in [0.2, 0.25) is 0 Å². The molecule has 0 aliphatic rings. The number of hydrogen-bond donors (Lipinski definition) is 1.